The molecule has 6 nitrogen and oxygen atoms in total. The van der Waals surface area contributed by atoms with E-state index in [1.165, 1.54) is 6.07 Å². The molecule has 0 bridgehead atoms. The highest BCUT2D eigenvalue weighted by Crippen LogP contribution is 2.28. The normalized spacial score (nSPS) is 12.7. The number of nitrogens with one attached hydrogen (secondary N) is 2. The number of rotatable bonds is 2. The van der Waals surface area contributed by atoms with Crippen LogP contribution in [0.1, 0.15) is 11.1 Å². The molecule has 31 heavy (non-hydrogen) atoms. The van der Waals surface area contributed by atoms with Gasteiger partial charge in [0.2, 0.25) is 0 Å². The Balaban J connectivity index is 1.52. The molecular formula is C22H15Cl3N4O2. The lowest BCUT2D eigenvalue weighted by Gasteiger charge is -2.09. The Hall–Kier alpha value is -3.06. The van der Waals surface area contributed by atoms with Gasteiger partial charge >= 0.3 is 6.09 Å². The highest BCUT2D eigenvalue weighted by molar-refractivity contribution is 6.42. The summed E-state index contributed by atoms with van der Waals surface area (Å²) < 4.78 is 0. The number of carbonyl (C=O) groups is 1. The van der Waals surface area contributed by atoms with Crippen molar-refractivity contribution in [3.63, 3.8) is 0 Å². The maximum atomic E-state index is 12.1. The zero-order valence-electron chi connectivity index (χ0n) is 15.9. The minimum atomic E-state index is -0.742. The van der Waals surface area contributed by atoms with E-state index in [0.717, 1.165) is 16.8 Å². The van der Waals surface area contributed by atoms with Crippen LogP contribution < -0.4 is 10.8 Å². The molecule has 0 saturated carbocycles. The molecule has 1 amide bonds. The molecule has 1 heterocycles. The predicted octanol–water partition coefficient (Wildman–Crippen LogP) is 6.28. The number of benzene rings is 3. The first kappa shape index (κ1) is 21.2. The SMILES string of the molecule is O=C(Nc1ccc(Cl)c(Cl)c1)ONC1=Nc2ccc(Cl)cc2C(c2ccccc2)=NC1. The van der Waals surface area contributed by atoms with Gasteiger partial charge in [0.1, 0.15) is 6.54 Å². The van der Waals surface area contributed by atoms with Crippen molar-refractivity contribution in [1.82, 2.24) is 5.48 Å². The number of hydrogen-bond acceptors (Lipinski definition) is 5. The van der Waals surface area contributed by atoms with Gasteiger partial charge in [-0.2, -0.15) is 0 Å². The lowest BCUT2D eigenvalue weighted by Crippen LogP contribution is -2.31. The van der Waals surface area contributed by atoms with Gasteiger partial charge in [-0.05, 0) is 36.4 Å². The Morgan fingerprint density at radius 2 is 1.74 bits per heavy atom. The summed E-state index contributed by atoms with van der Waals surface area (Å²) in [7, 11) is 0. The molecule has 2 N–H and O–H groups in total. The summed E-state index contributed by atoms with van der Waals surface area (Å²) in [5.41, 5.74) is 6.13. The highest BCUT2D eigenvalue weighted by atomic mass is 35.5. The Labute approximate surface area is 193 Å². The number of nitrogens with zero attached hydrogens (tertiary/aromatic N) is 2. The first-order valence-electron chi connectivity index (χ1n) is 9.16. The van der Waals surface area contributed by atoms with Crippen molar-refractivity contribution in [3.8, 4) is 0 Å². The molecule has 0 saturated heterocycles. The number of carbonyl (C=O) groups excluding carboxylic acids is 1. The average Bonchev–Trinajstić information content (AvgIpc) is 2.94. The van der Waals surface area contributed by atoms with E-state index in [-0.39, 0.29) is 6.54 Å². The fourth-order valence-corrected chi connectivity index (χ4v) is 3.41. The van der Waals surface area contributed by atoms with Crippen molar-refractivity contribution < 1.29 is 9.63 Å². The van der Waals surface area contributed by atoms with E-state index in [1.54, 1.807) is 24.3 Å². The van der Waals surface area contributed by atoms with E-state index < -0.39 is 6.09 Å². The molecule has 0 spiro atoms. The van der Waals surface area contributed by atoms with E-state index in [4.69, 9.17) is 39.6 Å². The van der Waals surface area contributed by atoms with Crippen LogP contribution >= 0.6 is 34.8 Å². The lowest BCUT2D eigenvalue weighted by atomic mass is 10.0. The van der Waals surface area contributed by atoms with Crippen LogP contribution in [0, 0.1) is 0 Å². The zero-order valence-corrected chi connectivity index (χ0v) is 18.2. The number of aliphatic imine (C=N–C) groups is 2. The molecule has 9 heteroatoms. The molecule has 4 rings (SSSR count). The lowest BCUT2D eigenvalue weighted by molar-refractivity contribution is 0.134. The molecule has 0 fully saturated rings. The molecule has 1 aliphatic rings. The summed E-state index contributed by atoms with van der Waals surface area (Å²) in [4.78, 5) is 26.4. The number of amides is 1. The van der Waals surface area contributed by atoms with Crippen molar-refractivity contribution in [1.29, 1.82) is 0 Å². The van der Waals surface area contributed by atoms with Crippen LogP contribution in [0.3, 0.4) is 0 Å². The molecule has 0 aliphatic carbocycles. The van der Waals surface area contributed by atoms with Gasteiger partial charge in [0, 0.05) is 21.8 Å². The van der Waals surface area contributed by atoms with Gasteiger partial charge in [0.15, 0.2) is 5.84 Å². The van der Waals surface area contributed by atoms with E-state index in [2.05, 4.69) is 20.8 Å². The van der Waals surface area contributed by atoms with Crippen LogP contribution in [0.25, 0.3) is 0 Å². The molecule has 0 aromatic heterocycles. The average molecular weight is 474 g/mol. The summed E-state index contributed by atoms with van der Waals surface area (Å²) in [6, 6.07) is 19.8. The van der Waals surface area contributed by atoms with E-state index in [0.29, 0.717) is 32.3 Å². The van der Waals surface area contributed by atoms with Gasteiger partial charge < -0.3 is 4.84 Å². The Bertz CT molecular complexity index is 1200. The third-order valence-corrected chi connectivity index (χ3v) is 5.30. The number of hydrogen-bond donors (Lipinski definition) is 2. The Morgan fingerprint density at radius 3 is 2.52 bits per heavy atom. The van der Waals surface area contributed by atoms with Crippen LogP contribution in [0.15, 0.2) is 76.7 Å². The first-order chi connectivity index (χ1) is 15.0. The summed E-state index contributed by atoms with van der Waals surface area (Å²) in [6.45, 7) is 0.177. The fourth-order valence-electron chi connectivity index (χ4n) is 2.94. The van der Waals surface area contributed by atoms with E-state index >= 15 is 0 Å². The van der Waals surface area contributed by atoms with Crippen LogP contribution in [0.4, 0.5) is 16.2 Å². The largest absolute Gasteiger partial charge is 0.435 e. The molecule has 3 aromatic rings. The topological polar surface area (TPSA) is 75.1 Å². The highest BCUT2D eigenvalue weighted by Gasteiger charge is 2.17. The van der Waals surface area contributed by atoms with Crippen LogP contribution in [0.2, 0.25) is 15.1 Å². The standard InChI is InChI=1S/C22H15Cl3N4O2/c23-14-6-9-19-16(10-14)21(13-4-2-1-3-5-13)26-12-20(28-19)29-31-22(30)27-15-7-8-17(24)18(25)11-15/h1-11H,12H2,(H,27,30)(H,28,29). The summed E-state index contributed by atoms with van der Waals surface area (Å²) >= 11 is 18.0. The van der Waals surface area contributed by atoms with Crippen LogP contribution in [0.5, 0.6) is 0 Å². The van der Waals surface area contributed by atoms with E-state index in [1.807, 2.05) is 36.4 Å². The number of hydroxylamine groups is 1. The van der Waals surface area contributed by atoms with Gasteiger partial charge in [-0.25, -0.2) is 15.3 Å². The first-order valence-corrected chi connectivity index (χ1v) is 10.3. The molecule has 0 radical (unpaired) electrons. The maximum Gasteiger partial charge on any atom is 0.435 e. The number of halogens is 3. The van der Waals surface area contributed by atoms with Crippen molar-refractivity contribution in [2.24, 2.45) is 9.98 Å². The fraction of sp³-hybridized carbons (Fsp3) is 0.0455. The minimum absolute atomic E-state index is 0.177. The maximum absolute atomic E-state index is 12.1. The van der Waals surface area contributed by atoms with Gasteiger partial charge in [0.05, 0.1) is 21.4 Å². The number of anilines is 1. The molecule has 156 valence electrons. The van der Waals surface area contributed by atoms with Crippen LogP contribution in [-0.4, -0.2) is 24.2 Å². The molecule has 0 unspecified atom stereocenters. The van der Waals surface area contributed by atoms with Crippen molar-refractivity contribution in [2.75, 3.05) is 11.9 Å². The van der Waals surface area contributed by atoms with Gasteiger partial charge in [0.25, 0.3) is 0 Å². The number of amidine groups is 1. The van der Waals surface area contributed by atoms with E-state index in [9.17, 15) is 4.79 Å². The van der Waals surface area contributed by atoms with Crippen molar-refractivity contribution in [2.45, 2.75) is 0 Å². The predicted molar refractivity (Wildman–Crippen MR) is 125 cm³/mol. The van der Waals surface area contributed by atoms with Gasteiger partial charge in [-0.15, -0.1) is 0 Å². The second kappa shape index (κ2) is 9.39. The van der Waals surface area contributed by atoms with Crippen LogP contribution in [-0.2, 0) is 4.84 Å². The smallest absolute Gasteiger partial charge is 0.323 e. The third kappa shape index (κ3) is 5.17. The summed E-state index contributed by atoms with van der Waals surface area (Å²) in [6.07, 6.45) is -0.742. The van der Waals surface area contributed by atoms with Crippen molar-refractivity contribution >= 4 is 63.8 Å². The Morgan fingerprint density at radius 1 is 0.935 bits per heavy atom. The molecule has 1 aliphatic heterocycles. The second-order valence-corrected chi connectivity index (χ2v) is 7.75. The number of fused-ring (bicyclic) bond motifs is 1. The minimum Gasteiger partial charge on any atom is -0.323 e. The molecule has 0 atom stereocenters. The summed E-state index contributed by atoms with van der Waals surface area (Å²) in [5, 5.41) is 3.83. The molecular weight excluding hydrogens is 459 g/mol. The van der Waals surface area contributed by atoms with Gasteiger partial charge in [-0.1, -0.05) is 65.1 Å². The Kier molecular flexibility index (Phi) is 6.42. The third-order valence-electron chi connectivity index (χ3n) is 4.33. The monoisotopic (exact) mass is 472 g/mol. The van der Waals surface area contributed by atoms with Gasteiger partial charge in [-0.3, -0.25) is 10.3 Å². The van der Waals surface area contributed by atoms with Crippen molar-refractivity contribution in [3.05, 3.63) is 92.9 Å². The summed E-state index contributed by atoms with van der Waals surface area (Å²) in [5.74, 6) is 0.360. The second-order valence-electron chi connectivity index (χ2n) is 6.50. The quantitative estimate of drug-likeness (QED) is 0.430. The molecule has 3 aromatic carbocycles. The zero-order chi connectivity index (χ0) is 21.8.